The van der Waals surface area contributed by atoms with Crippen molar-refractivity contribution in [1.82, 2.24) is 0 Å². The van der Waals surface area contributed by atoms with Gasteiger partial charge in [0.25, 0.3) is 0 Å². The molecule has 4 nitrogen and oxygen atoms in total. The number of aliphatic hydroxyl groups is 1. The van der Waals surface area contributed by atoms with Crippen LogP contribution >= 0.6 is 0 Å². The Labute approximate surface area is 122 Å². The van der Waals surface area contributed by atoms with Gasteiger partial charge in [0.15, 0.2) is 0 Å². The van der Waals surface area contributed by atoms with Crippen molar-refractivity contribution in [2.75, 3.05) is 0 Å². The van der Waals surface area contributed by atoms with E-state index in [4.69, 9.17) is 0 Å². The van der Waals surface area contributed by atoms with Gasteiger partial charge in [-0.25, -0.2) is 0 Å². The summed E-state index contributed by atoms with van der Waals surface area (Å²) in [5.41, 5.74) is 3.80. The van der Waals surface area contributed by atoms with Crippen LogP contribution in [0, 0.1) is 10.4 Å². The van der Waals surface area contributed by atoms with Gasteiger partial charge in [0.2, 0.25) is 5.71 Å². The predicted molar refractivity (Wildman–Crippen MR) is 82.7 cm³/mol. The Morgan fingerprint density at radius 2 is 1.71 bits per heavy atom. The second kappa shape index (κ2) is 5.32. The molecule has 2 aliphatic rings. The quantitative estimate of drug-likeness (QED) is 0.633. The Kier molecular flexibility index (Phi) is 3.36. The monoisotopic (exact) mass is 280 g/mol. The minimum absolute atomic E-state index is 0.0688. The zero-order valence-corrected chi connectivity index (χ0v) is 11.3. The summed E-state index contributed by atoms with van der Waals surface area (Å²) in [6.07, 6.45) is 9.87. The minimum Gasteiger partial charge on any atom is -0.612 e. The maximum Gasteiger partial charge on any atom is 0.222 e. The van der Waals surface area contributed by atoms with E-state index in [1.54, 1.807) is 12.2 Å². The number of hydrogen-bond acceptors (Lipinski definition) is 3. The molecular weight excluding hydrogens is 266 g/mol. The molecule has 1 aromatic rings. The third-order valence-corrected chi connectivity index (χ3v) is 3.69. The van der Waals surface area contributed by atoms with Gasteiger partial charge in [0.1, 0.15) is 5.76 Å². The van der Waals surface area contributed by atoms with E-state index in [9.17, 15) is 15.5 Å². The van der Waals surface area contributed by atoms with Crippen LogP contribution in [0.15, 0.2) is 65.8 Å². The summed E-state index contributed by atoms with van der Waals surface area (Å²) < 4.78 is 0. The van der Waals surface area contributed by atoms with Gasteiger partial charge in [-0.05, 0) is 47.8 Å². The molecule has 0 saturated heterocycles. The molecule has 0 unspecified atom stereocenters. The van der Waals surface area contributed by atoms with Crippen LogP contribution < -0.4 is 0 Å². The highest BCUT2D eigenvalue weighted by molar-refractivity contribution is 6.02. The van der Waals surface area contributed by atoms with Gasteiger partial charge in [0.05, 0.1) is 0 Å². The van der Waals surface area contributed by atoms with Crippen molar-refractivity contribution in [1.29, 1.82) is 0 Å². The van der Waals surface area contributed by atoms with Gasteiger partial charge in [-0.3, -0.25) is 0 Å². The average Bonchev–Trinajstić information content (AvgIpc) is 2.51. The zero-order valence-electron chi connectivity index (χ0n) is 11.3. The molecule has 2 aliphatic carbocycles. The van der Waals surface area contributed by atoms with Crippen LogP contribution in [-0.4, -0.2) is 15.7 Å². The fourth-order valence-corrected chi connectivity index (χ4v) is 2.56. The van der Waals surface area contributed by atoms with E-state index in [1.807, 2.05) is 30.3 Å². The second-order valence-corrected chi connectivity index (χ2v) is 5.02. The van der Waals surface area contributed by atoms with Crippen LogP contribution in [0.2, 0.25) is 0 Å². The molecule has 0 amide bonds. The molecule has 0 bridgehead atoms. The molecule has 106 valence electrons. The molecule has 0 aliphatic heterocycles. The van der Waals surface area contributed by atoms with E-state index >= 15 is 0 Å². The summed E-state index contributed by atoms with van der Waals surface area (Å²) in [4.78, 5) is -0.419. The predicted octanol–water partition coefficient (Wildman–Crippen LogP) is 3.40. The number of aryl methyl sites for hydroxylation is 1. The van der Waals surface area contributed by atoms with Gasteiger partial charge >= 0.3 is 0 Å². The lowest BCUT2D eigenvalue weighted by atomic mass is 9.89. The van der Waals surface area contributed by atoms with E-state index in [2.05, 4.69) is 0 Å². The van der Waals surface area contributed by atoms with Crippen molar-refractivity contribution in [3.05, 3.63) is 87.3 Å². The third-order valence-electron chi connectivity index (χ3n) is 3.69. The SMILES string of the molecule is [O-][N+]([O-])=C1C=CC(=CC2=C(O)c3ccccc3CC2)C=C1. The van der Waals surface area contributed by atoms with Crippen LogP contribution in [0.3, 0.4) is 0 Å². The largest absolute Gasteiger partial charge is 0.612 e. The molecule has 0 fully saturated rings. The fraction of sp³-hybridized carbons (Fsp3) is 0.118. The molecule has 0 radical (unpaired) electrons. The smallest absolute Gasteiger partial charge is 0.222 e. The molecule has 0 atom stereocenters. The number of fused-ring (bicyclic) bond motifs is 1. The molecule has 1 N–H and O–H groups in total. The van der Waals surface area contributed by atoms with Crippen molar-refractivity contribution in [3.63, 3.8) is 0 Å². The number of allylic oxidation sites excluding steroid dienone is 7. The molecule has 0 saturated carbocycles. The van der Waals surface area contributed by atoms with Gasteiger partial charge in [-0.2, -0.15) is 4.90 Å². The van der Waals surface area contributed by atoms with Gasteiger partial charge in [-0.15, -0.1) is 0 Å². The normalized spacial score (nSPS) is 17.0. The Morgan fingerprint density at radius 3 is 2.43 bits per heavy atom. The van der Waals surface area contributed by atoms with Gasteiger partial charge in [0, 0.05) is 17.7 Å². The Hall–Kier alpha value is -2.75. The van der Waals surface area contributed by atoms with Gasteiger partial charge < -0.3 is 15.5 Å². The highest BCUT2D eigenvalue weighted by Crippen LogP contribution is 2.31. The highest BCUT2D eigenvalue weighted by atomic mass is 16.8. The van der Waals surface area contributed by atoms with Crippen molar-refractivity contribution in [2.24, 2.45) is 0 Å². The first kappa shape index (κ1) is 13.2. The first-order chi connectivity index (χ1) is 10.1. The Balaban J connectivity index is 1.93. The first-order valence-corrected chi connectivity index (χ1v) is 6.75. The van der Waals surface area contributed by atoms with E-state index in [0.29, 0.717) is 5.76 Å². The standard InChI is InChI=1S/C17H14NO3/c19-17-14(8-7-13-3-1-2-4-16(13)17)11-12-5-9-15(10-6-12)18(20)21/h1-6,9-11H,7-8H2,(H-,19,20,21)/q-1. The molecular formula is C17H14NO3-. The van der Waals surface area contributed by atoms with E-state index < -0.39 is 4.90 Å². The van der Waals surface area contributed by atoms with Crippen LogP contribution in [0.1, 0.15) is 17.5 Å². The molecule has 0 heterocycles. The Bertz CT molecular complexity index is 714. The lowest BCUT2D eigenvalue weighted by Gasteiger charge is -2.18. The van der Waals surface area contributed by atoms with Crippen molar-refractivity contribution < 1.29 is 10.0 Å². The summed E-state index contributed by atoms with van der Waals surface area (Å²) in [6, 6.07) is 7.81. The summed E-state index contributed by atoms with van der Waals surface area (Å²) in [5, 5.41) is 31.6. The summed E-state index contributed by atoms with van der Waals surface area (Å²) in [5.74, 6) is 0.301. The number of rotatable bonds is 1. The van der Waals surface area contributed by atoms with Gasteiger partial charge in [-0.1, -0.05) is 24.3 Å². The summed E-state index contributed by atoms with van der Waals surface area (Å²) in [6.45, 7) is 0. The maximum absolute atomic E-state index is 10.6. The molecule has 0 spiro atoms. The topological polar surface area (TPSA) is 69.4 Å². The highest BCUT2D eigenvalue weighted by Gasteiger charge is 2.16. The van der Waals surface area contributed by atoms with E-state index in [-0.39, 0.29) is 5.71 Å². The summed E-state index contributed by atoms with van der Waals surface area (Å²) in [7, 11) is 0. The van der Waals surface area contributed by atoms with Crippen molar-refractivity contribution in [3.8, 4) is 0 Å². The van der Waals surface area contributed by atoms with Crippen LogP contribution in [0.5, 0.6) is 0 Å². The second-order valence-electron chi connectivity index (χ2n) is 5.02. The van der Waals surface area contributed by atoms with Crippen LogP contribution in [0.25, 0.3) is 5.76 Å². The zero-order chi connectivity index (χ0) is 14.8. The molecule has 21 heavy (non-hydrogen) atoms. The van der Waals surface area contributed by atoms with E-state index in [0.717, 1.165) is 35.1 Å². The van der Waals surface area contributed by atoms with Crippen molar-refractivity contribution in [2.45, 2.75) is 12.8 Å². The molecule has 3 rings (SSSR count). The molecule has 4 heteroatoms. The van der Waals surface area contributed by atoms with Crippen LogP contribution in [-0.2, 0) is 6.42 Å². The number of benzene rings is 1. The average molecular weight is 280 g/mol. The fourth-order valence-electron chi connectivity index (χ4n) is 2.56. The first-order valence-electron chi connectivity index (χ1n) is 6.75. The van der Waals surface area contributed by atoms with Crippen LogP contribution in [0.4, 0.5) is 0 Å². The maximum atomic E-state index is 10.6. The third kappa shape index (κ3) is 2.60. The number of aliphatic hydroxyl groups excluding tert-OH is 1. The lowest BCUT2D eigenvalue weighted by molar-refractivity contribution is -0.377. The Morgan fingerprint density at radius 1 is 1.00 bits per heavy atom. The van der Waals surface area contributed by atoms with E-state index in [1.165, 1.54) is 12.2 Å². The number of hydrogen-bond donors (Lipinski definition) is 1. The lowest BCUT2D eigenvalue weighted by Crippen LogP contribution is -2.07. The van der Waals surface area contributed by atoms with Crippen molar-refractivity contribution >= 4 is 11.5 Å². The minimum atomic E-state index is -0.419. The number of nitrogens with zero attached hydrogens (tertiary/aromatic N) is 1. The molecule has 0 aromatic heterocycles. The molecule has 1 aromatic carbocycles. The summed E-state index contributed by atoms with van der Waals surface area (Å²) >= 11 is 0.